The van der Waals surface area contributed by atoms with Gasteiger partial charge in [0.2, 0.25) is 5.91 Å². The van der Waals surface area contributed by atoms with Gasteiger partial charge >= 0.3 is 7.82 Å². The van der Waals surface area contributed by atoms with Gasteiger partial charge in [-0.25, -0.2) is 4.57 Å². The van der Waals surface area contributed by atoms with E-state index in [4.69, 9.17) is 9.05 Å². The molecule has 8 nitrogen and oxygen atoms in total. The number of aliphatic hydroxyl groups is 1. The van der Waals surface area contributed by atoms with E-state index in [-0.39, 0.29) is 25.5 Å². The smallest absolute Gasteiger partial charge is 0.387 e. The third-order valence-corrected chi connectivity index (χ3v) is 8.21. The van der Waals surface area contributed by atoms with Gasteiger partial charge in [0.25, 0.3) is 0 Å². The van der Waals surface area contributed by atoms with Crippen molar-refractivity contribution in [1.29, 1.82) is 0 Å². The Bertz CT molecular complexity index is 1190. The fourth-order valence-corrected chi connectivity index (χ4v) is 5.01. The molecule has 3 unspecified atom stereocenters. The summed E-state index contributed by atoms with van der Waals surface area (Å²) in [5, 5.41) is 13.6. The Balaban J connectivity index is 4.70. The third-order valence-electron chi connectivity index (χ3n) is 7.23. The minimum Gasteiger partial charge on any atom is -0.387 e. The Morgan fingerprint density at radius 1 is 0.647 bits per heavy atom. The number of quaternary nitrogens is 1. The number of likely N-dealkylation sites (N-methyl/N-ethyl adjacent to an activating group) is 1. The molecule has 288 valence electrons. The number of phosphoric acid groups is 1. The molecule has 3 N–H and O–H groups in total. The number of unbranched alkanes of at least 4 members (excludes halogenated alkanes) is 2. The summed E-state index contributed by atoms with van der Waals surface area (Å²) in [6.07, 6.45) is 47.6. The van der Waals surface area contributed by atoms with Gasteiger partial charge in [-0.05, 0) is 77.0 Å². The van der Waals surface area contributed by atoms with Gasteiger partial charge in [-0.3, -0.25) is 13.8 Å². The fraction of sp³-hybridized carbons (Fsp3) is 0.548. The first-order valence-corrected chi connectivity index (χ1v) is 20.3. The molecule has 1 amide bonds. The highest BCUT2D eigenvalue weighted by molar-refractivity contribution is 7.47. The van der Waals surface area contributed by atoms with E-state index in [2.05, 4.69) is 104 Å². The molecular weight excluding hydrogens is 659 g/mol. The summed E-state index contributed by atoms with van der Waals surface area (Å²) in [6, 6.07) is -0.914. The van der Waals surface area contributed by atoms with Crippen LogP contribution in [0.4, 0.5) is 0 Å². The molecule has 0 aromatic carbocycles. The molecule has 0 rings (SSSR count). The van der Waals surface area contributed by atoms with Crippen molar-refractivity contribution in [3.8, 4) is 0 Å². The number of aliphatic hydroxyl groups excluding tert-OH is 1. The van der Waals surface area contributed by atoms with Crippen molar-refractivity contribution in [2.24, 2.45) is 0 Å². The lowest BCUT2D eigenvalue weighted by Gasteiger charge is -2.25. The minimum atomic E-state index is -4.37. The number of carbonyl (C=O) groups is 1. The summed E-state index contributed by atoms with van der Waals surface area (Å²) in [7, 11) is 1.47. The number of rotatable bonds is 31. The van der Waals surface area contributed by atoms with E-state index in [0.717, 1.165) is 70.6 Å². The SMILES string of the molecule is CC/C=C\C/C=C\C/C=C\C/C=C\C/C=C\C/C=C\CCC(=O)NC(COP(=O)(O)OCC[N+](C)(C)C)C(O)/C=C/CC/C=C/CC/C=C/CC. The number of nitrogens with one attached hydrogen (secondary N) is 1. The zero-order chi connectivity index (χ0) is 37.9. The number of allylic oxidation sites excluding steroid dienone is 17. The second-order valence-corrected chi connectivity index (χ2v) is 14.6. The number of hydrogen-bond acceptors (Lipinski definition) is 5. The van der Waals surface area contributed by atoms with Crippen LogP contribution in [-0.4, -0.2) is 73.4 Å². The quantitative estimate of drug-likeness (QED) is 0.0284. The monoisotopic (exact) mass is 729 g/mol. The van der Waals surface area contributed by atoms with E-state index in [1.165, 1.54) is 0 Å². The Hall–Kier alpha value is -2.84. The molecule has 0 aliphatic carbocycles. The van der Waals surface area contributed by atoms with Gasteiger partial charge in [-0.15, -0.1) is 0 Å². The fourth-order valence-electron chi connectivity index (χ4n) is 4.28. The standard InChI is InChI=1S/C42H69N2O6P/c1-6-8-10-12-14-16-18-19-20-21-22-23-24-25-26-28-30-32-34-36-42(46)43-40(39-50-51(47,48)49-38-37-44(3,4)5)41(45)35-33-31-29-27-17-15-13-11-9-7-2/h8-11,14,16-17,19-20,22-23,25-27,30,32-33,35,40-41,45H,6-7,12-13,15,18,21,24,28-29,31,34,36-39H2,1-5H3,(H-,43,46,47,48)/p+1/b10-8-,11-9+,16-14-,20-19-,23-22-,26-25-,27-17+,32-30-,35-33+. The van der Waals surface area contributed by atoms with E-state index in [0.29, 0.717) is 17.4 Å². The highest BCUT2D eigenvalue weighted by Gasteiger charge is 2.27. The average molecular weight is 730 g/mol. The predicted molar refractivity (Wildman–Crippen MR) is 216 cm³/mol. The topological polar surface area (TPSA) is 105 Å². The van der Waals surface area contributed by atoms with E-state index >= 15 is 0 Å². The van der Waals surface area contributed by atoms with Crippen molar-refractivity contribution in [3.05, 3.63) is 109 Å². The highest BCUT2D eigenvalue weighted by Crippen LogP contribution is 2.43. The van der Waals surface area contributed by atoms with Crippen LogP contribution in [0, 0.1) is 0 Å². The second kappa shape index (κ2) is 33.0. The van der Waals surface area contributed by atoms with Crippen LogP contribution in [0.25, 0.3) is 0 Å². The molecule has 51 heavy (non-hydrogen) atoms. The zero-order valence-corrected chi connectivity index (χ0v) is 33.2. The van der Waals surface area contributed by atoms with E-state index in [1.807, 2.05) is 39.4 Å². The Kier molecular flexibility index (Phi) is 31.2. The maximum atomic E-state index is 12.7. The lowest BCUT2D eigenvalue weighted by atomic mass is 10.1. The van der Waals surface area contributed by atoms with Crippen LogP contribution in [0.3, 0.4) is 0 Å². The van der Waals surface area contributed by atoms with Crippen molar-refractivity contribution >= 4 is 13.7 Å². The molecule has 0 fully saturated rings. The highest BCUT2D eigenvalue weighted by atomic mass is 31.2. The van der Waals surface area contributed by atoms with Gasteiger partial charge in [0.05, 0.1) is 39.9 Å². The Morgan fingerprint density at radius 2 is 1.06 bits per heavy atom. The molecular formula is C42H70N2O6P+. The first kappa shape index (κ1) is 48.2. The molecule has 0 bridgehead atoms. The number of nitrogens with zero attached hydrogens (tertiary/aromatic N) is 1. The molecule has 3 atom stereocenters. The van der Waals surface area contributed by atoms with Crippen molar-refractivity contribution in [1.82, 2.24) is 5.32 Å². The predicted octanol–water partition coefficient (Wildman–Crippen LogP) is 9.79. The van der Waals surface area contributed by atoms with E-state index in [9.17, 15) is 19.4 Å². The van der Waals surface area contributed by atoms with Crippen LogP contribution >= 0.6 is 7.82 Å². The van der Waals surface area contributed by atoms with Crippen molar-refractivity contribution in [2.45, 2.75) is 109 Å². The van der Waals surface area contributed by atoms with Gasteiger partial charge in [0.15, 0.2) is 0 Å². The Morgan fingerprint density at radius 3 is 1.55 bits per heavy atom. The summed E-state index contributed by atoms with van der Waals surface area (Å²) in [4.78, 5) is 22.9. The maximum absolute atomic E-state index is 12.7. The van der Waals surface area contributed by atoms with Crippen LogP contribution in [0.1, 0.15) is 97.3 Å². The van der Waals surface area contributed by atoms with Gasteiger partial charge < -0.3 is 19.8 Å². The minimum absolute atomic E-state index is 0.0329. The lowest BCUT2D eigenvalue weighted by molar-refractivity contribution is -0.870. The third kappa shape index (κ3) is 35.4. The van der Waals surface area contributed by atoms with Gasteiger partial charge in [0, 0.05) is 6.42 Å². The van der Waals surface area contributed by atoms with Crippen LogP contribution in [0.5, 0.6) is 0 Å². The molecule has 0 heterocycles. The molecule has 0 spiro atoms. The van der Waals surface area contributed by atoms with Gasteiger partial charge in [0.1, 0.15) is 13.2 Å². The molecule has 0 aliphatic heterocycles. The Labute approximate surface area is 311 Å². The summed E-state index contributed by atoms with van der Waals surface area (Å²) < 4.78 is 23.3. The zero-order valence-electron chi connectivity index (χ0n) is 32.3. The molecule has 0 saturated heterocycles. The molecule has 0 aromatic heterocycles. The van der Waals surface area contributed by atoms with Gasteiger partial charge in [-0.1, -0.05) is 123 Å². The number of hydrogen-bond donors (Lipinski definition) is 3. The van der Waals surface area contributed by atoms with Crippen molar-refractivity contribution in [3.63, 3.8) is 0 Å². The largest absolute Gasteiger partial charge is 0.472 e. The first-order valence-electron chi connectivity index (χ1n) is 18.8. The second-order valence-electron chi connectivity index (χ2n) is 13.2. The molecule has 0 radical (unpaired) electrons. The lowest BCUT2D eigenvalue weighted by Crippen LogP contribution is -2.45. The normalized spacial score (nSPS) is 15.8. The molecule has 0 aromatic rings. The molecule has 9 heteroatoms. The van der Waals surface area contributed by atoms with E-state index in [1.54, 1.807) is 6.08 Å². The van der Waals surface area contributed by atoms with Crippen molar-refractivity contribution < 1.29 is 32.9 Å². The summed E-state index contributed by atoms with van der Waals surface area (Å²) >= 11 is 0. The van der Waals surface area contributed by atoms with Crippen LogP contribution in [0.2, 0.25) is 0 Å². The van der Waals surface area contributed by atoms with Crippen LogP contribution < -0.4 is 5.32 Å². The van der Waals surface area contributed by atoms with Crippen LogP contribution in [-0.2, 0) is 18.4 Å². The average Bonchev–Trinajstić information content (AvgIpc) is 3.07. The molecule has 0 saturated carbocycles. The maximum Gasteiger partial charge on any atom is 0.472 e. The van der Waals surface area contributed by atoms with Gasteiger partial charge in [-0.2, -0.15) is 0 Å². The number of phosphoric ester groups is 1. The number of amides is 1. The van der Waals surface area contributed by atoms with Crippen LogP contribution in [0.15, 0.2) is 109 Å². The van der Waals surface area contributed by atoms with Crippen molar-refractivity contribution in [2.75, 3.05) is 40.9 Å². The first-order chi connectivity index (χ1) is 24.5. The molecule has 0 aliphatic rings. The van der Waals surface area contributed by atoms with E-state index < -0.39 is 20.0 Å². The number of carbonyl (C=O) groups excluding carboxylic acids is 1. The summed E-state index contributed by atoms with van der Waals surface area (Å²) in [6.45, 7) is 4.43. The summed E-state index contributed by atoms with van der Waals surface area (Å²) in [5.74, 6) is -0.283. The summed E-state index contributed by atoms with van der Waals surface area (Å²) in [5.41, 5.74) is 0.